The van der Waals surface area contributed by atoms with E-state index < -0.39 is 14.3 Å². The van der Waals surface area contributed by atoms with Crippen molar-refractivity contribution in [2.75, 3.05) is 18.6 Å². The minimum absolute atomic E-state index is 0.000413. The van der Waals surface area contributed by atoms with E-state index in [-0.39, 0.29) is 18.9 Å². The second-order valence-electron chi connectivity index (χ2n) is 4.58. The number of ether oxygens (including phenoxy) is 1. The third kappa shape index (κ3) is 2.87. The van der Waals surface area contributed by atoms with Gasteiger partial charge in [-0.2, -0.15) is 0 Å². The fraction of sp³-hybridized carbons (Fsp3) is 0.417. The molecule has 1 atom stereocenters. The monoisotopic (exact) mass is 337 g/mol. The zero-order chi connectivity index (χ0) is 15.1. The molecule has 0 saturated carbocycles. The number of hydrogen-bond acceptors (Lipinski definition) is 4. The van der Waals surface area contributed by atoms with E-state index in [4.69, 9.17) is 27.0 Å². The van der Waals surface area contributed by atoms with Gasteiger partial charge in [0.15, 0.2) is 0 Å². The Bertz CT molecular complexity index is 660. The quantitative estimate of drug-likeness (QED) is 0.794. The molecule has 1 saturated heterocycles. The number of amides is 1. The maximum absolute atomic E-state index is 12.0. The molecule has 1 aromatic carbocycles. The van der Waals surface area contributed by atoms with E-state index in [2.05, 4.69) is 0 Å². The van der Waals surface area contributed by atoms with Gasteiger partial charge in [0, 0.05) is 28.7 Å². The van der Waals surface area contributed by atoms with E-state index in [1.54, 1.807) is 12.1 Å². The second kappa shape index (κ2) is 5.42. The van der Waals surface area contributed by atoms with Crippen molar-refractivity contribution in [3.05, 3.63) is 22.7 Å². The first kappa shape index (κ1) is 15.4. The molecule has 1 unspecified atom stereocenters. The van der Waals surface area contributed by atoms with Gasteiger partial charge in [-0.25, -0.2) is 8.42 Å². The van der Waals surface area contributed by atoms with Crippen molar-refractivity contribution < 1.29 is 17.9 Å². The maximum Gasteiger partial charge on any atom is 0.237 e. The van der Waals surface area contributed by atoms with Gasteiger partial charge < -0.3 is 9.64 Å². The Morgan fingerprint density at radius 2 is 2.05 bits per heavy atom. The van der Waals surface area contributed by atoms with Gasteiger partial charge in [-0.15, -0.1) is 0 Å². The minimum atomic E-state index is -3.78. The highest BCUT2D eigenvalue weighted by Gasteiger charge is 2.39. The Morgan fingerprint density at radius 3 is 2.55 bits per heavy atom. The van der Waals surface area contributed by atoms with Crippen LogP contribution in [0.15, 0.2) is 12.1 Å². The van der Waals surface area contributed by atoms with Crippen molar-refractivity contribution in [2.45, 2.75) is 18.6 Å². The van der Waals surface area contributed by atoms with Gasteiger partial charge in [0.1, 0.15) is 11.0 Å². The largest absolute Gasteiger partial charge is 0.495 e. The maximum atomic E-state index is 12.0. The predicted molar refractivity (Wildman–Crippen MR) is 78.3 cm³/mol. The molecule has 2 rings (SSSR count). The first-order valence-electron chi connectivity index (χ1n) is 5.82. The summed E-state index contributed by atoms with van der Waals surface area (Å²) >= 11 is 6.06. The van der Waals surface area contributed by atoms with Crippen LogP contribution in [0.4, 0.5) is 5.69 Å². The molecule has 0 bridgehead atoms. The molecule has 1 heterocycles. The van der Waals surface area contributed by atoms with Crippen LogP contribution in [-0.2, 0) is 13.8 Å². The zero-order valence-electron chi connectivity index (χ0n) is 10.9. The van der Waals surface area contributed by atoms with Gasteiger partial charge >= 0.3 is 0 Å². The third-order valence-corrected chi connectivity index (χ3v) is 5.51. The molecule has 0 aliphatic carbocycles. The van der Waals surface area contributed by atoms with Gasteiger partial charge in [-0.3, -0.25) is 4.79 Å². The number of benzene rings is 1. The molecular weight excluding hydrogens is 325 g/mol. The number of nitrogens with zero attached hydrogens (tertiary/aromatic N) is 1. The number of aryl methyl sites for hydroxylation is 1. The van der Waals surface area contributed by atoms with Crippen molar-refractivity contribution in [3.63, 3.8) is 0 Å². The van der Waals surface area contributed by atoms with Gasteiger partial charge in [0.2, 0.25) is 15.0 Å². The first-order valence-corrected chi connectivity index (χ1v) is 8.57. The molecule has 8 heteroatoms. The van der Waals surface area contributed by atoms with E-state index >= 15 is 0 Å². The normalized spacial score (nSPS) is 19.5. The van der Waals surface area contributed by atoms with Crippen LogP contribution < -0.4 is 9.64 Å². The smallest absolute Gasteiger partial charge is 0.237 e. The average Bonchev–Trinajstić information content (AvgIpc) is 2.74. The summed E-state index contributed by atoms with van der Waals surface area (Å²) in [5, 5.41) is -0.438. The van der Waals surface area contributed by atoms with Crippen molar-refractivity contribution in [3.8, 4) is 5.75 Å². The molecule has 20 heavy (non-hydrogen) atoms. The molecular formula is C12H13Cl2NO4S. The molecule has 1 aliphatic rings. The van der Waals surface area contributed by atoms with Crippen molar-refractivity contribution in [2.24, 2.45) is 0 Å². The van der Waals surface area contributed by atoms with Gasteiger partial charge in [0.05, 0.1) is 12.8 Å². The average molecular weight is 338 g/mol. The number of carbonyl (C=O) groups excluding carboxylic acids is 1. The number of hydrogen-bond donors (Lipinski definition) is 0. The summed E-state index contributed by atoms with van der Waals surface area (Å²) in [5.41, 5.74) is 1.26. The highest BCUT2D eigenvalue weighted by molar-refractivity contribution is 8.14. The van der Waals surface area contributed by atoms with Crippen LogP contribution in [0.2, 0.25) is 5.02 Å². The topological polar surface area (TPSA) is 63.7 Å². The van der Waals surface area contributed by atoms with Crippen LogP contribution in [0.3, 0.4) is 0 Å². The van der Waals surface area contributed by atoms with Gasteiger partial charge in [-0.1, -0.05) is 11.6 Å². The van der Waals surface area contributed by atoms with Crippen LogP contribution in [-0.4, -0.2) is 33.2 Å². The Hall–Kier alpha value is -0.980. The molecule has 0 N–H and O–H groups in total. The summed E-state index contributed by atoms with van der Waals surface area (Å²) in [4.78, 5) is 13.3. The van der Waals surface area contributed by atoms with E-state index in [0.29, 0.717) is 16.5 Å². The lowest BCUT2D eigenvalue weighted by molar-refractivity contribution is -0.117. The summed E-state index contributed by atoms with van der Waals surface area (Å²) in [6.07, 6.45) is -0.138. The Morgan fingerprint density at radius 1 is 1.40 bits per heavy atom. The lowest BCUT2D eigenvalue weighted by Crippen LogP contribution is -2.27. The van der Waals surface area contributed by atoms with Crippen LogP contribution in [0.1, 0.15) is 12.0 Å². The first-order chi connectivity index (χ1) is 9.24. The SMILES string of the molecule is COc1cc(C)c(Cl)cc1N1CC(S(=O)(=O)Cl)CC1=O. The highest BCUT2D eigenvalue weighted by atomic mass is 35.7. The lowest BCUT2D eigenvalue weighted by atomic mass is 10.2. The Labute approximate surface area is 126 Å². The summed E-state index contributed by atoms with van der Waals surface area (Å²) in [7, 11) is 3.02. The van der Waals surface area contributed by atoms with E-state index in [9.17, 15) is 13.2 Å². The fourth-order valence-electron chi connectivity index (χ4n) is 2.12. The molecule has 110 valence electrons. The fourth-order valence-corrected chi connectivity index (χ4v) is 3.30. The standard InChI is InChI=1S/C12H13Cl2NO4S/c1-7-3-11(19-2)10(5-9(7)13)15-6-8(4-12(15)16)20(14,17)18/h3,5,8H,4,6H2,1-2H3. The Kier molecular flexibility index (Phi) is 4.18. The van der Waals surface area contributed by atoms with E-state index in [0.717, 1.165) is 5.56 Å². The lowest BCUT2D eigenvalue weighted by Gasteiger charge is -2.20. The molecule has 1 amide bonds. The van der Waals surface area contributed by atoms with Crippen molar-refractivity contribution in [1.82, 2.24) is 0 Å². The Balaban J connectivity index is 2.42. The summed E-state index contributed by atoms with van der Waals surface area (Å²) < 4.78 is 27.9. The van der Waals surface area contributed by atoms with Crippen LogP contribution in [0.25, 0.3) is 0 Å². The van der Waals surface area contributed by atoms with Crippen molar-refractivity contribution >= 4 is 42.9 Å². The minimum Gasteiger partial charge on any atom is -0.495 e. The molecule has 1 fully saturated rings. The number of rotatable bonds is 3. The zero-order valence-corrected chi connectivity index (χ0v) is 13.2. The van der Waals surface area contributed by atoms with Crippen LogP contribution in [0.5, 0.6) is 5.75 Å². The number of anilines is 1. The van der Waals surface area contributed by atoms with E-state index in [1.807, 2.05) is 6.92 Å². The van der Waals surface area contributed by atoms with Crippen molar-refractivity contribution in [1.29, 1.82) is 0 Å². The molecule has 0 aromatic heterocycles. The highest BCUT2D eigenvalue weighted by Crippen LogP contribution is 2.37. The van der Waals surface area contributed by atoms with Gasteiger partial charge in [0.25, 0.3) is 0 Å². The third-order valence-electron chi connectivity index (χ3n) is 3.24. The molecule has 0 radical (unpaired) electrons. The number of methoxy groups -OCH3 is 1. The molecule has 1 aliphatic heterocycles. The number of carbonyl (C=O) groups is 1. The summed E-state index contributed by atoms with van der Waals surface area (Å²) in [5.74, 6) is 0.144. The van der Waals surface area contributed by atoms with E-state index in [1.165, 1.54) is 12.0 Å². The summed E-state index contributed by atoms with van der Waals surface area (Å²) in [6.45, 7) is 1.81. The molecule has 1 aromatic rings. The second-order valence-corrected chi connectivity index (χ2v) is 7.89. The molecule has 5 nitrogen and oxygen atoms in total. The molecule has 0 spiro atoms. The van der Waals surface area contributed by atoms with Crippen LogP contribution in [0, 0.1) is 6.92 Å². The number of halogens is 2. The van der Waals surface area contributed by atoms with Crippen LogP contribution >= 0.6 is 22.3 Å². The predicted octanol–water partition coefficient (Wildman–Crippen LogP) is 2.33. The summed E-state index contributed by atoms with van der Waals surface area (Å²) in [6, 6.07) is 3.30. The van der Waals surface area contributed by atoms with Gasteiger partial charge in [-0.05, 0) is 24.6 Å².